The molecule has 0 heterocycles. The molecule has 1 atom stereocenters. The fourth-order valence-electron chi connectivity index (χ4n) is 1.60. The summed E-state index contributed by atoms with van der Waals surface area (Å²) >= 11 is 0. The molecule has 1 rings (SSSR count). The number of aliphatic hydroxyl groups is 1. The molecule has 0 fully saturated rings. The summed E-state index contributed by atoms with van der Waals surface area (Å²) in [7, 11) is 1.26. The lowest BCUT2D eigenvalue weighted by Crippen LogP contribution is -2.39. The lowest BCUT2D eigenvalue weighted by molar-refractivity contribution is -0.142. The smallest absolute Gasteiger partial charge is 0.328 e. The van der Waals surface area contributed by atoms with E-state index in [1.807, 2.05) is 6.92 Å². The van der Waals surface area contributed by atoms with Gasteiger partial charge in [-0.25, -0.2) is 4.79 Å². The van der Waals surface area contributed by atoms with E-state index in [9.17, 15) is 9.59 Å². The van der Waals surface area contributed by atoms with Crippen LogP contribution in [0.3, 0.4) is 0 Å². The van der Waals surface area contributed by atoms with Gasteiger partial charge in [-0.05, 0) is 31.5 Å². The quantitative estimate of drug-likeness (QED) is 0.626. The molecule has 1 aromatic carbocycles. The molecule has 0 saturated carbocycles. The van der Waals surface area contributed by atoms with Crippen molar-refractivity contribution in [1.29, 1.82) is 0 Å². The summed E-state index contributed by atoms with van der Waals surface area (Å²) < 4.78 is 4.55. The van der Waals surface area contributed by atoms with Gasteiger partial charge in [0.1, 0.15) is 12.6 Å². The largest absolute Gasteiger partial charge is 0.467 e. The summed E-state index contributed by atoms with van der Waals surface area (Å²) in [5.74, 6) is 4.30. The first kappa shape index (κ1) is 15.7. The number of aliphatic hydroxyl groups excluding tert-OH is 1. The van der Waals surface area contributed by atoms with Crippen molar-refractivity contribution < 1.29 is 19.4 Å². The van der Waals surface area contributed by atoms with Crippen molar-refractivity contribution in [3.63, 3.8) is 0 Å². The highest BCUT2D eigenvalue weighted by atomic mass is 16.5. The maximum Gasteiger partial charge on any atom is 0.328 e. The van der Waals surface area contributed by atoms with Crippen LogP contribution in [0.5, 0.6) is 0 Å². The molecule has 0 aliphatic rings. The molecule has 5 heteroatoms. The van der Waals surface area contributed by atoms with Crippen LogP contribution in [-0.4, -0.2) is 36.7 Å². The second-order valence-corrected chi connectivity index (χ2v) is 4.23. The highest BCUT2D eigenvalue weighted by molar-refractivity contribution is 5.98. The second kappa shape index (κ2) is 7.31. The Labute approximate surface area is 117 Å². The van der Waals surface area contributed by atoms with Crippen LogP contribution in [0.15, 0.2) is 18.2 Å². The zero-order valence-corrected chi connectivity index (χ0v) is 11.7. The van der Waals surface area contributed by atoms with Gasteiger partial charge >= 0.3 is 5.97 Å². The van der Waals surface area contributed by atoms with Crippen molar-refractivity contribution in [2.75, 3.05) is 13.7 Å². The van der Waals surface area contributed by atoms with Gasteiger partial charge in [0.05, 0.1) is 12.7 Å². The molecule has 0 aliphatic carbocycles. The first-order valence-corrected chi connectivity index (χ1v) is 6.08. The Balaban J connectivity index is 3.00. The summed E-state index contributed by atoms with van der Waals surface area (Å²) in [6.07, 6.45) is 0. The molecule has 1 unspecified atom stereocenters. The summed E-state index contributed by atoms with van der Waals surface area (Å²) in [5, 5.41) is 11.3. The molecule has 2 N–H and O–H groups in total. The Morgan fingerprint density at radius 2 is 2.15 bits per heavy atom. The van der Waals surface area contributed by atoms with E-state index in [0.29, 0.717) is 11.1 Å². The number of esters is 1. The Hall–Kier alpha value is -2.32. The molecule has 0 bridgehead atoms. The average molecular weight is 275 g/mol. The number of hydrogen-bond donors (Lipinski definition) is 2. The minimum atomic E-state index is -0.743. The molecule has 0 radical (unpaired) electrons. The van der Waals surface area contributed by atoms with Crippen LogP contribution in [-0.2, 0) is 9.53 Å². The zero-order valence-electron chi connectivity index (χ0n) is 11.7. The predicted molar refractivity (Wildman–Crippen MR) is 74.1 cm³/mol. The Morgan fingerprint density at radius 3 is 2.75 bits per heavy atom. The van der Waals surface area contributed by atoms with E-state index in [-0.39, 0.29) is 6.61 Å². The van der Waals surface area contributed by atoms with Crippen LogP contribution >= 0.6 is 0 Å². The van der Waals surface area contributed by atoms with Gasteiger partial charge in [0.2, 0.25) is 0 Å². The van der Waals surface area contributed by atoms with Gasteiger partial charge in [-0.1, -0.05) is 17.9 Å². The van der Waals surface area contributed by atoms with Crippen molar-refractivity contribution in [2.45, 2.75) is 19.9 Å². The predicted octanol–water partition coefficient (Wildman–Crippen LogP) is 0.630. The van der Waals surface area contributed by atoms with Crippen molar-refractivity contribution in [3.8, 4) is 11.8 Å². The van der Waals surface area contributed by atoms with Crippen LogP contribution in [0.2, 0.25) is 0 Å². The van der Waals surface area contributed by atoms with E-state index in [1.165, 1.54) is 14.0 Å². The van der Waals surface area contributed by atoms with Gasteiger partial charge in [-0.2, -0.15) is 0 Å². The molecule has 106 valence electrons. The van der Waals surface area contributed by atoms with Gasteiger partial charge in [0.25, 0.3) is 5.91 Å². The summed E-state index contributed by atoms with van der Waals surface area (Å²) in [6, 6.07) is 4.42. The van der Waals surface area contributed by atoms with E-state index in [4.69, 9.17) is 5.11 Å². The van der Waals surface area contributed by atoms with Crippen molar-refractivity contribution in [3.05, 3.63) is 34.9 Å². The number of methoxy groups -OCH3 is 1. The Morgan fingerprint density at radius 1 is 1.45 bits per heavy atom. The number of carbonyl (C=O) groups excluding carboxylic acids is 2. The fraction of sp³-hybridized carbons (Fsp3) is 0.333. The molecular weight excluding hydrogens is 258 g/mol. The van der Waals surface area contributed by atoms with Gasteiger partial charge in [0, 0.05) is 5.56 Å². The molecule has 0 spiro atoms. The van der Waals surface area contributed by atoms with E-state index < -0.39 is 17.9 Å². The number of benzene rings is 1. The van der Waals surface area contributed by atoms with Crippen molar-refractivity contribution in [1.82, 2.24) is 5.32 Å². The maximum absolute atomic E-state index is 12.1. The normalized spacial score (nSPS) is 11.0. The summed E-state index contributed by atoms with van der Waals surface area (Å²) in [6.45, 7) is 3.13. The van der Waals surface area contributed by atoms with Gasteiger partial charge < -0.3 is 15.2 Å². The first-order valence-electron chi connectivity index (χ1n) is 6.08. The molecule has 0 aromatic heterocycles. The first-order chi connectivity index (χ1) is 9.49. The van der Waals surface area contributed by atoms with Crippen LogP contribution in [0, 0.1) is 18.8 Å². The van der Waals surface area contributed by atoms with Crippen molar-refractivity contribution in [2.24, 2.45) is 0 Å². The van der Waals surface area contributed by atoms with Gasteiger partial charge in [-0.3, -0.25) is 4.79 Å². The zero-order chi connectivity index (χ0) is 15.1. The fourth-order valence-corrected chi connectivity index (χ4v) is 1.60. The number of aryl methyl sites for hydroxylation is 1. The van der Waals surface area contributed by atoms with E-state index in [0.717, 1.165) is 5.56 Å². The summed E-state index contributed by atoms with van der Waals surface area (Å²) in [5.41, 5.74) is 1.81. The minimum absolute atomic E-state index is 0.284. The standard InChI is InChI=1S/C15H17NO4/c1-10-6-7-13(12(9-10)5-4-8-17)14(18)16-11(2)15(19)20-3/h6-7,9,11,17H,8H2,1-3H3,(H,16,18). The third-order valence-electron chi connectivity index (χ3n) is 2.62. The highest BCUT2D eigenvalue weighted by Gasteiger charge is 2.18. The minimum Gasteiger partial charge on any atom is -0.467 e. The average Bonchev–Trinajstić information content (AvgIpc) is 2.43. The molecule has 0 saturated heterocycles. The van der Waals surface area contributed by atoms with E-state index in [1.54, 1.807) is 18.2 Å². The van der Waals surface area contributed by atoms with Crippen molar-refractivity contribution >= 4 is 11.9 Å². The third-order valence-corrected chi connectivity index (χ3v) is 2.62. The summed E-state index contributed by atoms with van der Waals surface area (Å²) in [4.78, 5) is 23.4. The molecule has 5 nitrogen and oxygen atoms in total. The molecule has 20 heavy (non-hydrogen) atoms. The van der Waals surface area contributed by atoms with Gasteiger partial charge in [-0.15, -0.1) is 0 Å². The number of hydrogen-bond acceptors (Lipinski definition) is 4. The van der Waals surface area contributed by atoms with Gasteiger partial charge in [0.15, 0.2) is 0 Å². The molecule has 1 aromatic rings. The monoisotopic (exact) mass is 275 g/mol. The Kier molecular flexibility index (Phi) is 5.75. The third kappa shape index (κ3) is 4.11. The topological polar surface area (TPSA) is 75.6 Å². The van der Waals surface area contributed by atoms with E-state index in [2.05, 4.69) is 21.9 Å². The molecule has 1 amide bonds. The second-order valence-electron chi connectivity index (χ2n) is 4.23. The lowest BCUT2D eigenvalue weighted by Gasteiger charge is -2.12. The van der Waals surface area contributed by atoms with Crippen LogP contribution in [0.25, 0.3) is 0 Å². The highest BCUT2D eigenvalue weighted by Crippen LogP contribution is 2.11. The number of carbonyl (C=O) groups is 2. The molecular formula is C15H17NO4. The number of nitrogens with one attached hydrogen (secondary N) is 1. The lowest BCUT2D eigenvalue weighted by atomic mass is 10.0. The van der Waals surface area contributed by atoms with Crippen LogP contribution in [0.1, 0.15) is 28.4 Å². The molecule has 0 aliphatic heterocycles. The number of rotatable bonds is 3. The maximum atomic E-state index is 12.1. The Bertz CT molecular complexity index is 569. The number of ether oxygens (including phenoxy) is 1. The van der Waals surface area contributed by atoms with Crippen LogP contribution in [0.4, 0.5) is 0 Å². The SMILES string of the molecule is COC(=O)C(C)NC(=O)c1ccc(C)cc1C#CCO. The number of amides is 1. The van der Waals surface area contributed by atoms with Crippen LogP contribution < -0.4 is 5.32 Å². The van der Waals surface area contributed by atoms with E-state index >= 15 is 0 Å².